The smallest absolute Gasteiger partial charge is 0.316 e. The van der Waals surface area contributed by atoms with Crippen LogP contribution in [0.15, 0.2) is 53.5 Å². The standard InChI is InChI=1S/C28H33F2N5O4S/c1-20-14-22(30)16-24(15-20)35-27(36)26(39-13-8-28(19-29)6-7-28)25(17-32-35)33-9-11-34(12-10-33)40(37,38)18-21-2-4-23(31)5-3-21/h2-5,14-17H,6-13,18-19,31H2,1H3. The van der Waals surface area contributed by atoms with E-state index in [-0.39, 0.29) is 42.3 Å². The van der Waals surface area contributed by atoms with Crippen LogP contribution < -0.4 is 20.9 Å². The number of rotatable bonds is 10. The van der Waals surface area contributed by atoms with Crippen molar-refractivity contribution in [3.8, 4) is 11.4 Å². The highest BCUT2D eigenvalue weighted by atomic mass is 32.2. The number of nitrogens with two attached hydrogens (primary N) is 1. The molecule has 2 fully saturated rings. The average molecular weight is 574 g/mol. The fraction of sp³-hybridized carbons (Fsp3) is 0.429. The minimum absolute atomic E-state index is 0.0322. The summed E-state index contributed by atoms with van der Waals surface area (Å²) in [4.78, 5) is 15.4. The molecule has 9 nitrogen and oxygen atoms in total. The van der Waals surface area contributed by atoms with Gasteiger partial charge in [0, 0.05) is 37.3 Å². The van der Waals surface area contributed by atoms with E-state index in [1.54, 1.807) is 37.3 Å². The van der Waals surface area contributed by atoms with E-state index in [1.165, 1.54) is 22.6 Å². The van der Waals surface area contributed by atoms with Gasteiger partial charge in [0.15, 0.2) is 0 Å². The normalized spacial score (nSPS) is 17.1. The summed E-state index contributed by atoms with van der Waals surface area (Å²) in [6.07, 6.45) is 3.53. The zero-order valence-electron chi connectivity index (χ0n) is 22.4. The second kappa shape index (κ2) is 11.2. The van der Waals surface area contributed by atoms with Gasteiger partial charge in [0.05, 0.1) is 30.9 Å². The summed E-state index contributed by atoms with van der Waals surface area (Å²) in [5.74, 6) is -0.599. The first-order chi connectivity index (χ1) is 19.1. The van der Waals surface area contributed by atoms with Gasteiger partial charge in [0.1, 0.15) is 11.5 Å². The van der Waals surface area contributed by atoms with Crippen LogP contribution in [0, 0.1) is 18.2 Å². The van der Waals surface area contributed by atoms with Crippen molar-refractivity contribution in [1.29, 1.82) is 0 Å². The highest BCUT2D eigenvalue weighted by molar-refractivity contribution is 7.88. The number of alkyl halides is 1. The maximum Gasteiger partial charge on any atom is 0.316 e. The van der Waals surface area contributed by atoms with Gasteiger partial charge in [0.2, 0.25) is 15.8 Å². The van der Waals surface area contributed by atoms with Crippen LogP contribution in [0.4, 0.5) is 20.2 Å². The highest BCUT2D eigenvalue weighted by Crippen LogP contribution is 2.49. The van der Waals surface area contributed by atoms with E-state index in [1.807, 2.05) is 4.90 Å². The molecule has 214 valence electrons. The number of aryl methyl sites for hydroxylation is 1. The Morgan fingerprint density at radius 1 is 1.07 bits per heavy atom. The highest BCUT2D eigenvalue weighted by Gasteiger charge is 2.42. The predicted octanol–water partition coefficient (Wildman–Crippen LogP) is 3.43. The van der Waals surface area contributed by atoms with E-state index in [2.05, 4.69) is 5.10 Å². The molecule has 1 saturated carbocycles. The zero-order chi connectivity index (χ0) is 28.5. The number of anilines is 2. The first-order valence-electron chi connectivity index (χ1n) is 13.3. The molecule has 2 N–H and O–H groups in total. The number of hydrogen-bond acceptors (Lipinski definition) is 7. The van der Waals surface area contributed by atoms with Crippen LogP contribution in [-0.2, 0) is 15.8 Å². The van der Waals surface area contributed by atoms with Crippen LogP contribution in [0.3, 0.4) is 0 Å². The van der Waals surface area contributed by atoms with Crippen LogP contribution in [0.1, 0.15) is 30.4 Å². The summed E-state index contributed by atoms with van der Waals surface area (Å²) in [6, 6.07) is 11.0. The fourth-order valence-corrected chi connectivity index (χ4v) is 6.45. The number of nitrogen functional groups attached to an aromatic ring is 1. The number of aromatic nitrogens is 2. The lowest BCUT2D eigenvalue weighted by Gasteiger charge is -2.35. The molecule has 0 spiro atoms. The minimum atomic E-state index is -3.57. The van der Waals surface area contributed by atoms with E-state index >= 15 is 0 Å². The second-order valence-electron chi connectivity index (χ2n) is 10.7. The third-order valence-corrected chi connectivity index (χ3v) is 9.46. The fourth-order valence-electron chi connectivity index (χ4n) is 4.93. The van der Waals surface area contributed by atoms with Crippen molar-refractivity contribution in [2.24, 2.45) is 5.41 Å². The molecule has 1 aliphatic heterocycles. The summed E-state index contributed by atoms with van der Waals surface area (Å²) in [7, 11) is -3.57. The molecule has 1 aromatic heterocycles. The maximum absolute atomic E-state index is 14.1. The van der Waals surface area contributed by atoms with Gasteiger partial charge < -0.3 is 15.4 Å². The van der Waals surface area contributed by atoms with E-state index < -0.39 is 28.1 Å². The van der Waals surface area contributed by atoms with Gasteiger partial charge in [-0.2, -0.15) is 14.1 Å². The van der Waals surface area contributed by atoms with Crippen LogP contribution in [-0.4, -0.2) is 62.0 Å². The lowest BCUT2D eigenvalue weighted by molar-refractivity contribution is 0.236. The van der Waals surface area contributed by atoms with Crippen molar-refractivity contribution >= 4 is 21.4 Å². The van der Waals surface area contributed by atoms with Gasteiger partial charge >= 0.3 is 5.56 Å². The van der Waals surface area contributed by atoms with Crippen molar-refractivity contribution in [2.45, 2.75) is 31.9 Å². The Bertz CT molecular complexity index is 1510. The third-order valence-electron chi connectivity index (χ3n) is 7.61. The summed E-state index contributed by atoms with van der Waals surface area (Å²) < 4.78 is 62.1. The molecule has 40 heavy (non-hydrogen) atoms. The summed E-state index contributed by atoms with van der Waals surface area (Å²) >= 11 is 0. The topological polar surface area (TPSA) is 111 Å². The third kappa shape index (κ3) is 6.12. The largest absolute Gasteiger partial charge is 0.486 e. The molecule has 1 aliphatic carbocycles. The Labute approximate surface area is 232 Å². The number of nitrogens with zero attached hydrogens (tertiary/aromatic N) is 4. The number of piperazine rings is 1. The quantitative estimate of drug-likeness (QED) is 0.370. The molecule has 0 amide bonds. The van der Waals surface area contributed by atoms with E-state index in [9.17, 15) is 22.0 Å². The summed E-state index contributed by atoms with van der Waals surface area (Å²) in [5.41, 5.74) is 7.29. The molecular weight excluding hydrogens is 540 g/mol. The Morgan fingerprint density at radius 3 is 2.40 bits per heavy atom. The van der Waals surface area contributed by atoms with Gasteiger partial charge in [-0.1, -0.05) is 12.1 Å². The monoisotopic (exact) mass is 573 g/mol. The Kier molecular flexibility index (Phi) is 7.83. The van der Waals surface area contributed by atoms with Gasteiger partial charge in [-0.25, -0.2) is 12.8 Å². The van der Waals surface area contributed by atoms with Crippen molar-refractivity contribution in [3.63, 3.8) is 0 Å². The molecule has 0 atom stereocenters. The van der Waals surface area contributed by atoms with Crippen molar-refractivity contribution in [2.75, 3.05) is 50.1 Å². The summed E-state index contributed by atoms with van der Waals surface area (Å²) in [6.45, 7) is 2.50. The molecule has 3 aromatic rings. The predicted molar refractivity (Wildman–Crippen MR) is 150 cm³/mol. The van der Waals surface area contributed by atoms with E-state index in [4.69, 9.17) is 10.5 Å². The van der Waals surface area contributed by atoms with E-state index in [0.717, 1.165) is 17.5 Å². The van der Waals surface area contributed by atoms with Gasteiger partial charge in [-0.05, 0) is 67.6 Å². The SMILES string of the molecule is Cc1cc(F)cc(-n2ncc(N3CCN(S(=O)(=O)Cc4ccc(N)cc4)CC3)c(OCCC3(CF)CC3)c2=O)c1. The minimum Gasteiger partial charge on any atom is -0.486 e. The van der Waals surface area contributed by atoms with Gasteiger partial charge in [-0.15, -0.1) is 0 Å². The molecule has 2 heterocycles. The molecular formula is C28H33F2N5O4S. The van der Waals surface area contributed by atoms with Crippen LogP contribution in [0.2, 0.25) is 0 Å². The Balaban J connectivity index is 1.36. The number of benzene rings is 2. The Hall–Kier alpha value is -3.51. The van der Waals surface area contributed by atoms with Crippen molar-refractivity contribution < 1.29 is 21.9 Å². The van der Waals surface area contributed by atoms with Gasteiger partial charge in [0.25, 0.3) is 0 Å². The van der Waals surface area contributed by atoms with Crippen LogP contribution in [0.5, 0.6) is 5.75 Å². The number of hydrogen-bond donors (Lipinski definition) is 1. The average Bonchev–Trinajstić information content (AvgIpc) is 3.70. The van der Waals surface area contributed by atoms with E-state index in [0.29, 0.717) is 42.0 Å². The molecule has 2 aromatic carbocycles. The first kappa shape index (κ1) is 28.0. The molecule has 1 saturated heterocycles. The maximum atomic E-state index is 14.1. The molecule has 0 unspecified atom stereocenters. The molecule has 5 rings (SSSR count). The first-order valence-corrected chi connectivity index (χ1v) is 14.9. The van der Waals surface area contributed by atoms with Crippen molar-refractivity contribution in [3.05, 3.63) is 76.0 Å². The van der Waals surface area contributed by atoms with Gasteiger partial charge in [-0.3, -0.25) is 9.18 Å². The molecule has 0 bridgehead atoms. The number of ether oxygens (including phenoxy) is 1. The molecule has 12 heteroatoms. The summed E-state index contributed by atoms with van der Waals surface area (Å²) in [5, 5.41) is 4.30. The zero-order valence-corrected chi connectivity index (χ0v) is 23.2. The molecule has 2 aliphatic rings. The number of sulfonamides is 1. The molecule has 0 radical (unpaired) electrons. The van der Waals surface area contributed by atoms with Crippen LogP contribution in [0.25, 0.3) is 5.69 Å². The second-order valence-corrected chi connectivity index (χ2v) is 12.6. The lowest BCUT2D eigenvalue weighted by Crippen LogP contribution is -2.49. The number of halogens is 2. The van der Waals surface area contributed by atoms with Crippen molar-refractivity contribution in [1.82, 2.24) is 14.1 Å². The van der Waals surface area contributed by atoms with Crippen LogP contribution >= 0.6 is 0 Å². The lowest BCUT2D eigenvalue weighted by atomic mass is 10.1. The Morgan fingerprint density at radius 2 is 1.77 bits per heavy atom.